The van der Waals surface area contributed by atoms with Gasteiger partial charge in [0.05, 0.1) is 0 Å². The lowest BCUT2D eigenvalue weighted by Gasteiger charge is -2.08. The molecular formula is C17H16BNO2. The van der Waals surface area contributed by atoms with Crippen molar-refractivity contribution in [3.8, 4) is 0 Å². The Morgan fingerprint density at radius 3 is 2.52 bits per heavy atom. The Morgan fingerprint density at radius 2 is 1.76 bits per heavy atom. The zero-order valence-electron chi connectivity index (χ0n) is 12.0. The van der Waals surface area contributed by atoms with E-state index in [1.807, 2.05) is 73.1 Å². The van der Waals surface area contributed by atoms with Crippen molar-refractivity contribution >= 4 is 24.7 Å². The number of ether oxygens (including phenoxy) is 1. The summed E-state index contributed by atoms with van der Waals surface area (Å²) in [7, 11) is 2.03. The van der Waals surface area contributed by atoms with Gasteiger partial charge < -0.3 is 9.30 Å². The van der Waals surface area contributed by atoms with Gasteiger partial charge in [-0.3, -0.25) is 0 Å². The summed E-state index contributed by atoms with van der Waals surface area (Å²) >= 11 is 0. The van der Waals surface area contributed by atoms with Crippen molar-refractivity contribution in [2.24, 2.45) is 0 Å². The van der Waals surface area contributed by atoms with Gasteiger partial charge in [-0.05, 0) is 24.1 Å². The molecule has 21 heavy (non-hydrogen) atoms. The normalized spacial score (nSPS) is 10.7. The highest BCUT2D eigenvalue weighted by Crippen LogP contribution is 2.20. The molecule has 0 radical (unpaired) electrons. The molecule has 2 aromatic carbocycles. The van der Waals surface area contributed by atoms with Crippen LogP contribution in [0.15, 0.2) is 60.7 Å². The summed E-state index contributed by atoms with van der Waals surface area (Å²) in [6.07, 6.45) is 0.739. The third-order valence-corrected chi connectivity index (χ3v) is 3.55. The second-order valence-electron chi connectivity index (χ2n) is 4.89. The zero-order valence-corrected chi connectivity index (χ0v) is 12.0. The van der Waals surface area contributed by atoms with Gasteiger partial charge in [-0.1, -0.05) is 48.5 Å². The predicted molar refractivity (Wildman–Crippen MR) is 86.0 cm³/mol. The quantitative estimate of drug-likeness (QED) is 0.542. The van der Waals surface area contributed by atoms with Crippen LogP contribution in [0.1, 0.15) is 16.1 Å². The molecule has 0 saturated heterocycles. The lowest BCUT2D eigenvalue weighted by atomic mass is 10.1. The number of nitrogens with zero attached hydrogens (tertiary/aromatic N) is 1. The Labute approximate surface area is 124 Å². The molecule has 0 aliphatic rings. The van der Waals surface area contributed by atoms with E-state index >= 15 is 0 Å². The number of rotatable bonds is 4. The molecule has 0 saturated carbocycles. The summed E-state index contributed by atoms with van der Waals surface area (Å²) in [6.45, 7) is 0.297. The van der Waals surface area contributed by atoms with E-state index in [1.54, 1.807) is 0 Å². The van der Waals surface area contributed by atoms with Crippen LogP contribution in [0.4, 0.5) is 0 Å². The molecule has 0 spiro atoms. The van der Waals surface area contributed by atoms with E-state index in [-0.39, 0.29) is 5.97 Å². The first-order valence-corrected chi connectivity index (χ1v) is 7.09. The van der Waals surface area contributed by atoms with Gasteiger partial charge in [0, 0.05) is 10.9 Å². The molecule has 104 valence electrons. The molecule has 0 amide bonds. The highest BCUT2D eigenvalue weighted by atomic mass is 16.5. The molecule has 0 atom stereocenters. The molecule has 3 rings (SSSR count). The maximum Gasteiger partial charge on any atom is 0.355 e. The van der Waals surface area contributed by atoms with E-state index < -0.39 is 0 Å². The van der Waals surface area contributed by atoms with E-state index in [4.69, 9.17) is 4.74 Å². The first-order chi connectivity index (χ1) is 10.3. The van der Waals surface area contributed by atoms with Crippen molar-refractivity contribution in [3.63, 3.8) is 0 Å². The average molecular weight is 277 g/mol. The minimum absolute atomic E-state index is 0.281. The molecule has 0 aliphatic heterocycles. The van der Waals surface area contributed by atoms with E-state index in [1.165, 1.54) is 0 Å². The van der Waals surface area contributed by atoms with Crippen molar-refractivity contribution in [1.29, 1.82) is 0 Å². The van der Waals surface area contributed by atoms with Crippen LogP contribution in [-0.2, 0) is 17.8 Å². The van der Waals surface area contributed by atoms with Crippen molar-refractivity contribution in [3.05, 3.63) is 71.9 Å². The lowest BCUT2D eigenvalue weighted by molar-refractivity contribution is 0.0461. The number of para-hydroxylation sites is 1. The molecule has 0 unspecified atom stereocenters. The number of esters is 1. The van der Waals surface area contributed by atoms with E-state index in [0.29, 0.717) is 12.3 Å². The van der Waals surface area contributed by atoms with Crippen LogP contribution >= 0.6 is 0 Å². The number of hydrogen-bond acceptors (Lipinski definition) is 2. The first kappa shape index (κ1) is 13.5. The first-order valence-electron chi connectivity index (χ1n) is 7.09. The minimum atomic E-state index is -0.281. The number of carbonyl (C=O) groups is 1. The third kappa shape index (κ3) is 2.70. The maximum absolute atomic E-state index is 12.3. The summed E-state index contributed by atoms with van der Waals surface area (Å²) < 4.78 is 7.42. The van der Waals surface area contributed by atoms with E-state index in [9.17, 15) is 4.79 Å². The fourth-order valence-corrected chi connectivity index (χ4v) is 2.52. The maximum atomic E-state index is 12.3. The topological polar surface area (TPSA) is 31.2 Å². The largest absolute Gasteiger partial charge is 0.456 e. The van der Waals surface area contributed by atoms with Gasteiger partial charge in [0.1, 0.15) is 20.1 Å². The summed E-state index contributed by atoms with van der Waals surface area (Å²) in [4.78, 5) is 12.3. The molecule has 1 heterocycles. The van der Waals surface area contributed by atoms with Crippen LogP contribution in [0.2, 0.25) is 0 Å². The van der Waals surface area contributed by atoms with Crippen LogP contribution in [0, 0.1) is 0 Å². The van der Waals surface area contributed by atoms with E-state index in [0.717, 1.165) is 22.9 Å². The number of carbonyl (C=O) groups excluding carboxylic acids is 1. The molecular weight excluding hydrogens is 261 g/mol. The highest BCUT2D eigenvalue weighted by Gasteiger charge is 2.15. The number of fused-ring (bicyclic) bond motifs is 1. The second-order valence-corrected chi connectivity index (χ2v) is 4.89. The van der Waals surface area contributed by atoms with E-state index in [2.05, 4.69) is 0 Å². The lowest BCUT2D eigenvalue weighted by Crippen LogP contribution is -2.12. The molecule has 0 aliphatic carbocycles. The van der Waals surface area contributed by atoms with Crippen molar-refractivity contribution in [2.45, 2.75) is 13.1 Å². The fourth-order valence-electron chi connectivity index (χ4n) is 2.52. The zero-order chi connectivity index (χ0) is 14.7. The van der Waals surface area contributed by atoms with Crippen molar-refractivity contribution in [2.75, 3.05) is 0 Å². The van der Waals surface area contributed by atoms with Crippen LogP contribution in [0.25, 0.3) is 10.9 Å². The van der Waals surface area contributed by atoms with Crippen LogP contribution in [0.3, 0.4) is 0 Å². The van der Waals surface area contributed by atoms with Gasteiger partial charge in [0.15, 0.2) is 0 Å². The Morgan fingerprint density at radius 1 is 1.05 bits per heavy atom. The Balaban J connectivity index is 1.84. The minimum Gasteiger partial charge on any atom is -0.456 e. The van der Waals surface area contributed by atoms with Gasteiger partial charge >= 0.3 is 5.97 Å². The van der Waals surface area contributed by atoms with Crippen molar-refractivity contribution < 1.29 is 9.53 Å². The average Bonchev–Trinajstić information content (AvgIpc) is 2.92. The van der Waals surface area contributed by atoms with Gasteiger partial charge in [-0.2, -0.15) is 0 Å². The molecule has 0 bridgehead atoms. The molecule has 4 heteroatoms. The van der Waals surface area contributed by atoms with Gasteiger partial charge in [-0.25, -0.2) is 4.79 Å². The van der Waals surface area contributed by atoms with Crippen LogP contribution in [0.5, 0.6) is 0 Å². The molecule has 0 N–H and O–H groups in total. The monoisotopic (exact) mass is 277 g/mol. The van der Waals surface area contributed by atoms with Gasteiger partial charge in [0.25, 0.3) is 0 Å². The van der Waals surface area contributed by atoms with Crippen molar-refractivity contribution in [1.82, 2.24) is 4.57 Å². The van der Waals surface area contributed by atoms with Crippen LogP contribution in [-0.4, -0.2) is 18.4 Å². The van der Waals surface area contributed by atoms with Gasteiger partial charge in [0.2, 0.25) is 0 Å². The summed E-state index contributed by atoms with van der Waals surface area (Å²) in [5.74, 6) is -0.281. The smallest absolute Gasteiger partial charge is 0.355 e. The van der Waals surface area contributed by atoms with Crippen LogP contribution < -0.4 is 0 Å². The summed E-state index contributed by atoms with van der Waals surface area (Å²) in [6, 6.07) is 19.6. The number of benzene rings is 2. The molecule has 3 aromatic rings. The Bertz CT molecular complexity index is 765. The van der Waals surface area contributed by atoms with Gasteiger partial charge in [-0.15, -0.1) is 0 Å². The Kier molecular flexibility index (Phi) is 3.78. The molecule has 1 aromatic heterocycles. The summed E-state index contributed by atoms with van der Waals surface area (Å²) in [5.41, 5.74) is 2.66. The predicted octanol–water partition coefficient (Wildman–Crippen LogP) is 2.59. The molecule has 0 fully saturated rings. The number of hydrogen-bond donors (Lipinski definition) is 0. The number of aromatic nitrogens is 1. The third-order valence-electron chi connectivity index (χ3n) is 3.55. The summed E-state index contributed by atoms with van der Waals surface area (Å²) in [5, 5.41) is 1.06. The SMILES string of the molecule is BCn1c(C(=O)OCc2ccccc2)cc2ccccc21. The fraction of sp³-hybridized carbons (Fsp3) is 0.118. The Hall–Kier alpha value is -2.49. The molecule has 3 nitrogen and oxygen atoms in total. The highest BCUT2D eigenvalue weighted by molar-refractivity contribution is 6.08. The second kappa shape index (κ2) is 5.88. The standard InChI is InChI=1S/C17H16BNO2/c18-12-19-15-9-5-4-8-14(15)10-16(19)17(20)21-11-13-6-2-1-3-7-13/h1-10H,11-12,18H2.